The Hall–Kier alpha value is -1.82. The van der Waals surface area contributed by atoms with Gasteiger partial charge >= 0.3 is 6.03 Å². The van der Waals surface area contributed by atoms with Crippen LogP contribution in [0.1, 0.15) is 0 Å². The van der Waals surface area contributed by atoms with Crippen LogP contribution in [0.5, 0.6) is 0 Å². The molecule has 6 N–H and O–H groups in total. The molecule has 3 amide bonds. The molecule has 0 radical (unpaired) electrons. The van der Waals surface area contributed by atoms with Crippen LogP contribution in [0.4, 0.5) is 4.79 Å². The van der Waals surface area contributed by atoms with Gasteiger partial charge in [-0.25, -0.2) is 4.79 Å². The van der Waals surface area contributed by atoms with Crippen molar-refractivity contribution in [3.05, 3.63) is 25.3 Å². The minimum absolute atomic E-state index is 0.0833. The van der Waals surface area contributed by atoms with E-state index in [4.69, 9.17) is 9.90 Å². The number of aliphatic hydroxyl groups is 1. The van der Waals surface area contributed by atoms with E-state index in [2.05, 4.69) is 29.9 Å². The molecule has 6 heteroatoms. The molecule has 0 aromatic rings. The molecule has 0 aromatic carbocycles. The van der Waals surface area contributed by atoms with E-state index in [1.54, 1.807) is 7.05 Å². The van der Waals surface area contributed by atoms with Gasteiger partial charge in [-0.15, -0.1) is 6.58 Å². The van der Waals surface area contributed by atoms with Crippen molar-refractivity contribution in [3.63, 3.8) is 0 Å². The third kappa shape index (κ3) is 84.8. The molecule has 0 aliphatic rings. The van der Waals surface area contributed by atoms with Crippen molar-refractivity contribution in [2.45, 2.75) is 0 Å². The summed E-state index contributed by atoms with van der Waals surface area (Å²) in [5.41, 5.74) is 8.50. The second-order valence-electron chi connectivity index (χ2n) is 1.69. The maximum atomic E-state index is 9.95. The van der Waals surface area contributed by atoms with Gasteiger partial charge < -0.3 is 21.9 Å². The van der Waals surface area contributed by atoms with Crippen LogP contribution in [-0.4, -0.2) is 30.7 Å². The Balaban J connectivity index is -0.000000135. The minimum atomic E-state index is -0.833. The van der Waals surface area contributed by atoms with Crippen molar-refractivity contribution in [2.75, 3.05) is 13.7 Å². The van der Waals surface area contributed by atoms with Crippen molar-refractivity contribution in [1.29, 1.82) is 0 Å². The highest BCUT2D eigenvalue weighted by Gasteiger charge is 1.78. The van der Waals surface area contributed by atoms with Gasteiger partial charge in [0.25, 0.3) is 0 Å². The molecule has 0 saturated heterocycles. The van der Waals surface area contributed by atoms with Crippen molar-refractivity contribution in [1.82, 2.24) is 5.32 Å². The van der Waals surface area contributed by atoms with Crippen LogP contribution in [0.25, 0.3) is 0 Å². The highest BCUT2D eigenvalue weighted by atomic mass is 16.2. The fraction of sp³-hybridized carbons (Fsp3) is 0.250. The van der Waals surface area contributed by atoms with E-state index in [1.165, 1.54) is 12.2 Å². The lowest BCUT2D eigenvalue weighted by Gasteiger charge is -1.82. The summed E-state index contributed by atoms with van der Waals surface area (Å²) < 4.78 is 0. The standard InChI is InChI=1S/C4H7NO.C3H6O.CH4N2O/c1-3-4(6)5-2;1-2-3-4;2-1(3)4/h3H,1H2,2H3,(H,5,6);2,4H,1,3H2;(H4,2,3,4). The predicted molar refractivity (Wildman–Crippen MR) is 55.3 cm³/mol. The molecule has 14 heavy (non-hydrogen) atoms. The topological polar surface area (TPSA) is 118 Å². The van der Waals surface area contributed by atoms with Crippen LogP contribution in [0.15, 0.2) is 25.3 Å². The van der Waals surface area contributed by atoms with Gasteiger partial charge in [0, 0.05) is 7.05 Å². The molecule has 0 bridgehead atoms. The summed E-state index contributed by atoms with van der Waals surface area (Å²) in [6.07, 6.45) is 2.65. The van der Waals surface area contributed by atoms with E-state index in [1.807, 2.05) is 0 Å². The number of hydrogen-bond donors (Lipinski definition) is 4. The van der Waals surface area contributed by atoms with Crippen molar-refractivity contribution >= 4 is 11.9 Å². The molecular weight excluding hydrogens is 186 g/mol. The molecule has 0 fully saturated rings. The van der Waals surface area contributed by atoms with Gasteiger partial charge in [0.2, 0.25) is 5.91 Å². The first-order valence-corrected chi connectivity index (χ1v) is 3.57. The maximum Gasteiger partial charge on any atom is 0.309 e. The number of urea groups is 1. The Morgan fingerprint density at radius 2 is 1.71 bits per heavy atom. The number of carbonyl (C=O) groups excluding carboxylic acids is 2. The highest BCUT2D eigenvalue weighted by Crippen LogP contribution is 1.56. The Morgan fingerprint density at radius 3 is 1.71 bits per heavy atom. The molecule has 0 spiro atoms. The van der Waals surface area contributed by atoms with Gasteiger partial charge in [-0.1, -0.05) is 12.7 Å². The number of amides is 3. The quantitative estimate of drug-likeness (QED) is 0.344. The van der Waals surface area contributed by atoms with Crippen LogP contribution in [0, 0.1) is 0 Å². The number of hydrogen-bond acceptors (Lipinski definition) is 3. The van der Waals surface area contributed by atoms with Crippen LogP contribution in [0.3, 0.4) is 0 Å². The summed E-state index contributed by atoms with van der Waals surface area (Å²) in [6.45, 7) is 6.53. The van der Waals surface area contributed by atoms with Gasteiger partial charge in [-0.2, -0.15) is 0 Å². The van der Waals surface area contributed by atoms with Gasteiger partial charge in [0.05, 0.1) is 6.61 Å². The summed E-state index contributed by atoms with van der Waals surface area (Å²) in [4.78, 5) is 19.0. The minimum Gasteiger partial charge on any atom is -0.392 e. The Labute approximate surface area is 83.3 Å². The third-order valence-corrected chi connectivity index (χ3v) is 0.561. The summed E-state index contributed by atoms with van der Waals surface area (Å²) in [6, 6.07) is -0.833. The number of carbonyl (C=O) groups is 2. The lowest BCUT2D eigenvalue weighted by molar-refractivity contribution is -0.116. The fourth-order valence-electron chi connectivity index (χ4n) is 0.102. The second kappa shape index (κ2) is 17.3. The van der Waals surface area contributed by atoms with Crippen LogP contribution in [0.2, 0.25) is 0 Å². The summed E-state index contributed by atoms with van der Waals surface area (Å²) in [7, 11) is 1.56. The first-order valence-electron chi connectivity index (χ1n) is 3.57. The zero-order chi connectivity index (χ0) is 12.0. The molecule has 0 heterocycles. The first-order chi connectivity index (χ1) is 6.45. The first kappa shape index (κ1) is 18.1. The monoisotopic (exact) mass is 203 g/mol. The van der Waals surface area contributed by atoms with Crippen molar-refractivity contribution < 1.29 is 14.7 Å². The van der Waals surface area contributed by atoms with E-state index < -0.39 is 6.03 Å². The zero-order valence-electron chi connectivity index (χ0n) is 8.19. The predicted octanol–water partition coefficient (Wildman–Crippen LogP) is -0.893. The van der Waals surface area contributed by atoms with Gasteiger partial charge in [0.15, 0.2) is 0 Å². The number of likely N-dealkylation sites (N-methyl/N-ethyl adjacent to an activating group) is 1. The molecule has 0 unspecified atom stereocenters. The maximum absolute atomic E-state index is 9.95. The number of nitrogens with two attached hydrogens (primary N) is 2. The van der Waals surface area contributed by atoms with Crippen LogP contribution < -0.4 is 16.8 Å². The second-order valence-corrected chi connectivity index (χ2v) is 1.69. The Morgan fingerprint density at radius 1 is 1.43 bits per heavy atom. The summed E-state index contributed by atoms with van der Waals surface area (Å²) in [5, 5.41) is 10.1. The summed E-state index contributed by atoms with van der Waals surface area (Å²) >= 11 is 0. The van der Waals surface area contributed by atoms with Crippen molar-refractivity contribution in [2.24, 2.45) is 11.5 Å². The van der Waals surface area contributed by atoms with Gasteiger partial charge in [-0.05, 0) is 6.08 Å². The number of primary amides is 2. The van der Waals surface area contributed by atoms with Gasteiger partial charge in [0.1, 0.15) is 0 Å². The van der Waals surface area contributed by atoms with E-state index in [0.717, 1.165) is 0 Å². The molecule has 0 rings (SSSR count). The largest absolute Gasteiger partial charge is 0.392 e. The van der Waals surface area contributed by atoms with Crippen LogP contribution >= 0.6 is 0 Å². The molecule has 82 valence electrons. The van der Waals surface area contributed by atoms with E-state index in [0.29, 0.717) is 0 Å². The fourth-order valence-corrected chi connectivity index (χ4v) is 0.102. The van der Waals surface area contributed by atoms with E-state index in [9.17, 15) is 4.79 Å². The van der Waals surface area contributed by atoms with Crippen LogP contribution in [-0.2, 0) is 4.79 Å². The molecule has 0 atom stereocenters. The highest BCUT2D eigenvalue weighted by molar-refractivity contribution is 5.86. The average molecular weight is 203 g/mol. The number of nitrogens with one attached hydrogen (secondary N) is 1. The zero-order valence-corrected chi connectivity index (χ0v) is 8.19. The van der Waals surface area contributed by atoms with E-state index in [-0.39, 0.29) is 12.5 Å². The average Bonchev–Trinajstić information content (AvgIpc) is 2.16. The lowest BCUT2D eigenvalue weighted by atomic mass is 10.6. The third-order valence-electron chi connectivity index (χ3n) is 0.561. The molecule has 0 aromatic heterocycles. The summed E-state index contributed by atoms with van der Waals surface area (Å²) in [5.74, 6) is -0.144. The Bertz CT molecular complexity index is 177. The molecular formula is C8H17N3O3. The Kier molecular flexibility index (Phi) is 22.3. The smallest absolute Gasteiger partial charge is 0.309 e. The number of aliphatic hydroxyl groups excluding tert-OH is 1. The molecule has 0 aliphatic heterocycles. The number of rotatable bonds is 2. The lowest BCUT2D eigenvalue weighted by Crippen LogP contribution is -2.18. The normalized spacial score (nSPS) is 6.43. The molecule has 6 nitrogen and oxygen atoms in total. The molecule has 0 saturated carbocycles. The van der Waals surface area contributed by atoms with E-state index >= 15 is 0 Å². The van der Waals surface area contributed by atoms with Gasteiger partial charge in [-0.3, -0.25) is 4.79 Å². The SMILES string of the molecule is C=CC(=O)NC.C=CCO.NC(N)=O. The molecule has 0 aliphatic carbocycles. The van der Waals surface area contributed by atoms with Crippen molar-refractivity contribution in [3.8, 4) is 0 Å².